The summed E-state index contributed by atoms with van der Waals surface area (Å²) >= 11 is 3.76. The van der Waals surface area contributed by atoms with Crippen molar-refractivity contribution in [2.75, 3.05) is 13.1 Å². The highest BCUT2D eigenvalue weighted by atomic mass is 79.9. The Morgan fingerprint density at radius 1 is 1.15 bits per heavy atom. The molecule has 0 bridgehead atoms. The van der Waals surface area contributed by atoms with Crippen LogP contribution in [0.3, 0.4) is 0 Å². The highest BCUT2D eigenvalue weighted by Gasteiger charge is 2.12. The molecule has 0 fully saturated rings. The van der Waals surface area contributed by atoms with Gasteiger partial charge in [0.05, 0.1) is 6.77 Å². The number of nitrogens with zero attached hydrogens (tertiary/aromatic N) is 1. The molecule has 0 spiro atoms. The van der Waals surface area contributed by atoms with E-state index in [1.165, 1.54) is 5.30 Å². The molecular weight excluding hydrogens is 245 g/mol. The lowest BCUT2D eigenvalue weighted by atomic mass is 10.4. The van der Waals surface area contributed by atoms with Crippen molar-refractivity contribution < 1.29 is 0 Å². The zero-order chi connectivity index (χ0) is 9.68. The lowest BCUT2D eigenvalue weighted by molar-refractivity contribution is 0.518. The summed E-state index contributed by atoms with van der Waals surface area (Å²) in [4.78, 5) is 0. The van der Waals surface area contributed by atoms with E-state index in [1.54, 1.807) is 0 Å². The highest BCUT2D eigenvalue weighted by Crippen LogP contribution is 2.46. The fraction of sp³-hybridized carbons (Fsp3) is 0.400. The van der Waals surface area contributed by atoms with Gasteiger partial charge in [-0.15, -0.1) is 0 Å². The van der Waals surface area contributed by atoms with Crippen LogP contribution >= 0.6 is 22.3 Å². The monoisotopic (exact) mass is 259 g/mol. The van der Waals surface area contributed by atoms with Crippen LogP contribution in [0.1, 0.15) is 13.8 Å². The van der Waals surface area contributed by atoms with Crippen molar-refractivity contribution in [2.45, 2.75) is 13.8 Å². The van der Waals surface area contributed by atoms with E-state index in [1.807, 2.05) is 0 Å². The SMILES string of the molecule is CCN(CC)P(Br)c1ccccc1. The van der Waals surface area contributed by atoms with E-state index in [9.17, 15) is 0 Å². The van der Waals surface area contributed by atoms with Gasteiger partial charge in [0.1, 0.15) is 0 Å². The predicted molar refractivity (Wildman–Crippen MR) is 64.8 cm³/mol. The van der Waals surface area contributed by atoms with E-state index >= 15 is 0 Å². The highest BCUT2D eigenvalue weighted by molar-refractivity contribution is 9.39. The molecule has 0 radical (unpaired) electrons. The van der Waals surface area contributed by atoms with Crippen molar-refractivity contribution in [3.05, 3.63) is 30.3 Å². The summed E-state index contributed by atoms with van der Waals surface area (Å²) in [5.74, 6) is 0. The maximum absolute atomic E-state index is 3.76. The molecule has 0 saturated heterocycles. The van der Waals surface area contributed by atoms with Gasteiger partial charge in [-0.3, -0.25) is 4.67 Å². The molecule has 3 heteroatoms. The van der Waals surface area contributed by atoms with Crippen LogP contribution in [0.2, 0.25) is 0 Å². The summed E-state index contributed by atoms with van der Waals surface area (Å²) in [5, 5.41) is 1.39. The Morgan fingerprint density at radius 2 is 1.69 bits per heavy atom. The third-order valence-electron chi connectivity index (χ3n) is 1.95. The minimum absolute atomic E-state index is 0.293. The largest absolute Gasteiger partial charge is 0.270 e. The van der Waals surface area contributed by atoms with Gasteiger partial charge in [-0.05, 0) is 15.5 Å². The van der Waals surface area contributed by atoms with Crippen LogP contribution in [-0.4, -0.2) is 17.8 Å². The standard InChI is InChI=1S/C10H15BrNP/c1-3-12(4-2)13(11)10-8-6-5-7-9-10/h5-9H,3-4H2,1-2H3. The van der Waals surface area contributed by atoms with Crippen molar-refractivity contribution in [1.29, 1.82) is 0 Å². The van der Waals surface area contributed by atoms with Crippen molar-refractivity contribution in [3.63, 3.8) is 0 Å². The Labute approximate surface area is 89.7 Å². The summed E-state index contributed by atoms with van der Waals surface area (Å²) in [6, 6.07) is 10.6. The number of benzene rings is 1. The van der Waals surface area contributed by atoms with Crippen LogP contribution in [0.15, 0.2) is 30.3 Å². The normalized spacial score (nSPS) is 13.2. The molecule has 0 heterocycles. The van der Waals surface area contributed by atoms with Gasteiger partial charge in [0.25, 0.3) is 0 Å². The van der Waals surface area contributed by atoms with Crippen molar-refractivity contribution in [1.82, 2.24) is 4.67 Å². The molecule has 72 valence electrons. The topological polar surface area (TPSA) is 3.24 Å². The molecule has 1 unspecified atom stereocenters. The Kier molecular flexibility index (Phi) is 4.93. The predicted octanol–water partition coefficient (Wildman–Crippen LogP) is 3.36. The minimum atomic E-state index is -0.293. The lowest BCUT2D eigenvalue weighted by Crippen LogP contribution is -2.19. The van der Waals surface area contributed by atoms with Crippen LogP contribution in [-0.2, 0) is 0 Å². The van der Waals surface area contributed by atoms with Crippen LogP contribution in [0.4, 0.5) is 0 Å². The lowest BCUT2D eigenvalue weighted by Gasteiger charge is -2.24. The summed E-state index contributed by atoms with van der Waals surface area (Å²) < 4.78 is 2.44. The Morgan fingerprint density at radius 3 is 2.15 bits per heavy atom. The molecule has 0 aromatic heterocycles. The van der Waals surface area contributed by atoms with Gasteiger partial charge >= 0.3 is 0 Å². The third kappa shape index (κ3) is 3.05. The van der Waals surface area contributed by atoms with Crippen LogP contribution in [0, 0.1) is 0 Å². The molecule has 1 rings (SSSR count). The average Bonchev–Trinajstić information content (AvgIpc) is 2.21. The van der Waals surface area contributed by atoms with E-state index in [2.05, 4.69) is 64.3 Å². The van der Waals surface area contributed by atoms with Crippen LogP contribution in [0.25, 0.3) is 0 Å². The first-order valence-electron chi connectivity index (χ1n) is 4.55. The fourth-order valence-electron chi connectivity index (χ4n) is 1.19. The molecule has 1 aromatic carbocycles. The Balaban J connectivity index is 2.72. The quantitative estimate of drug-likeness (QED) is 0.750. The molecule has 0 N–H and O–H groups in total. The number of hydrogen-bond acceptors (Lipinski definition) is 1. The molecule has 1 atom stereocenters. The second-order valence-corrected chi connectivity index (χ2v) is 6.35. The van der Waals surface area contributed by atoms with Gasteiger partial charge in [0.15, 0.2) is 0 Å². The summed E-state index contributed by atoms with van der Waals surface area (Å²) in [6.07, 6.45) is 0. The van der Waals surface area contributed by atoms with E-state index in [-0.39, 0.29) is 6.77 Å². The van der Waals surface area contributed by atoms with Gasteiger partial charge in [-0.1, -0.05) is 44.2 Å². The summed E-state index contributed by atoms with van der Waals surface area (Å²) in [5.41, 5.74) is 0. The number of rotatable bonds is 4. The first-order valence-corrected chi connectivity index (χ1v) is 7.86. The molecule has 0 saturated carbocycles. The molecular formula is C10H15BrNP. The third-order valence-corrected chi connectivity index (χ3v) is 6.31. The average molecular weight is 260 g/mol. The molecule has 0 aliphatic rings. The first kappa shape index (κ1) is 11.2. The first-order chi connectivity index (χ1) is 6.29. The summed E-state index contributed by atoms with van der Waals surface area (Å²) in [7, 11) is 0. The van der Waals surface area contributed by atoms with Gasteiger partial charge in [-0.2, -0.15) is 0 Å². The number of hydrogen-bond donors (Lipinski definition) is 0. The van der Waals surface area contributed by atoms with Crippen molar-refractivity contribution in [3.8, 4) is 0 Å². The van der Waals surface area contributed by atoms with E-state index in [4.69, 9.17) is 0 Å². The molecule has 1 nitrogen and oxygen atoms in total. The molecule has 13 heavy (non-hydrogen) atoms. The summed E-state index contributed by atoms with van der Waals surface area (Å²) in [6.45, 7) is 6.30. The maximum Gasteiger partial charge on any atom is 0.0680 e. The fourth-order valence-corrected chi connectivity index (χ4v) is 4.48. The van der Waals surface area contributed by atoms with Gasteiger partial charge in [0.2, 0.25) is 0 Å². The minimum Gasteiger partial charge on any atom is -0.270 e. The van der Waals surface area contributed by atoms with Gasteiger partial charge < -0.3 is 0 Å². The molecule has 0 aliphatic carbocycles. The second kappa shape index (κ2) is 5.74. The Hall–Kier alpha value is 0.0900. The molecule has 0 aliphatic heterocycles. The van der Waals surface area contributed by atoms with Crippen LogP contribution in [0.5, 0.6) is 0 Å². The molecule has 1 aromatic rings. The smallest absolute Gasteiger partial charge is 0.0680 e. The second-order valence-electron chi connectivity index (χ2n) is 2.73. The van der Waals surface area contributed by atoms with E-state index in [0.29, 0.717) is 0 Å². The van der Waals surface area contributed by atoms with E-state index < -0.39 is 0 Å². The molecule has 0 amide bonds. The van der Waals surface area contributed by atoms with Gasteiger partial charge in [0, 0.05) is 18.4 Å². The zero-order valence-corrected chi connectivity index (χ0v) is 10.6. The van der Waals surface area contributed by atoms with Crippen molar-refractivity contribution >= 4 is 27.6 Å². The van der Waals surface area contributed by atoms with E-state index in [0.717, 1.165) is 13.1 Å². The number of halogens is 1. The maximum atomic E-state index is 3.76. The van der Waals surface area contributed by atoms with Gasteiger partial charge in [-0.25, -0.2) is 0 Å². The Bertz CT molecular complexity index is 236. The zero-order valence-electron chi connectivity index (χ0n) is 8.07. The van der Waals surface area contributed by atoms with Crippen molar-refractivity contribution in [2.24, 2.45) is 0 Å². The van der Waals surface area contributed by atoms with Crippen LogP contribution < -0.4 is 5.30 Å².